The smallest absolute Gasteiger partial charge is 0.255 e. The number of carbonyl (C=O) groups excluding carboxylic acids is 1. The lowest BCUT2D eigenvalue weighted by molar-refractivity contribution is 0.102. The molecule has 1 heterocycles. The van der Waals surface area contributed by atoms with E-state index in [0.29, 0.717) is 11.5 Å². The van der Waals surface area contributed by atoms with E-state index >= 15 is 0 Å². The number of rotatable bonds is 4. The Balaban J connectivity index is 1.87. The Labute approximate surface area is 137 Å². The van der Waals surface area contributed by atoms with E-state index in [1.165, 1.54) is 18.2 Å². The number of ether oxygens (including phenoxy) is 2. The van der Waals surface area contributed by atoms with Crippen LogP contribution >= 0.6 is 0 Å². The van der Waals surface area contributed by atoms with Crippen molar-refractivity contribution in [2.45, 2.75) is 0 Å². The zero-order chi connectivity index (χ0) is 17.3. The molecule has 126 valence electrons. The molecule has 7 nitrogen and oxygen atoms in total. The van der Waals surface area contributed by atoms with E-state index in [9.17, 15) is 17.6 Å². The topological polar surface area (TPSA) is 93.7 Å². The summed E-state index contributed by atoms with van der Waals surface area (Å²) in [4.78, 5) is 12.3. The van der Waals surface area contributed by atoms with Gasteiger partial charge in [-0.05, 0) is 36.4 Å². The standard InChI is InChI=1S/C15H13FN2O5S/c1-24(20,21)18-11-4-3-10(16)7-12(11)17-15(19)9-2-5-13-14(6-9)23-8-22-13/h2-7,18H,8H2,1H3,(H,17,19). The second kappa shape index (κ2) is 6.00. The number of halogens is 1. The van der Waals surface area contributed by atoms with Crippen molar-refractivity contribution in [3.8, 4) is 11.5 Å². The van der Waals surface area contributed by atoms with Crippen LogP contribution in [-0.2, 0) is 10.0 Å². The summed E-state index contributed by atoms with van der Waals surface area (Å²) in [6.07, 6.45) is 0.958. The van der Waals surface area contributed by atoms with Crippen LogP contribution in [0.25, 0.3) is 0 Å². The minimum absolute atomic E-state index is 0.00286. The van der Waals surface area contributed by atoms with Gasteiger partial charge in [0.1, 0.15) is 5.82 Å². The first-order valence-corrected chi connectivity index (χ1v) is 8.69. The fourth-order valence-electron chi connectivity index (χ4n) is 2.14. The van der Waals surface area contributed by atoms with Gasteiger partial charge < -0.3 is 14.8 Å². The van der Waals surface area contributed by atoms with Crippen LogP contribution < -0.4 is 19.5 Å². The molecule has 9 heteroatoms. The number of anilines is 2. The van der Waals surface area contributed by atoms with Crippen LogP contribution in [0.15, 0.2) is 36.4 Å². The van der Waals surface area contributed by atoms with Gasteiger partial charge in [-0.15, -0.1) is 0 Å². The van der Waals surface area contributed by atoms with Gasteiger partial charge >= 0.3 is 0 Å². The lowest BCUT2D eigenvalue weighted by Crippen LogP contribution is -2.16. The number of sulfonamides is 1. The second-order valence-electron chi connectivity index (χ2n) is 5.09. The van der Waals surface area contributed by atoms with Crippen molar-refractivity contribution >= 4 is 27.3 Å². The maximum atomic E-state index is 13.4. The monoisotopic (exact) mass is 352 g/mol. The highest BCUT2D eigenvalue weighted by atomic mass is 32.2. The van der Waals surface area contributed by atoms with Crippen LogP contribution in [0.5, 0.6) is 11.5 Å². The third-order valence-corrected chi connectivity index (χ3v) is 3.75. The summed E-state index contributed by atoms with van der Waals surface area (Å²) < 4.78 is 48.8. The van der Waals surface area contributed by atoms with Crippen molar-refractivity contribution in [2.24, 2.45) is 0 Å². The van der Waals surface area contributed by atoms with Crippen molar-refractivity contribution in [3.63, 3.8) is 0 Å². The van der Waals surface area contributed by atoms with Crippen molar-refractivity contribution < 1.29 is 27.1 Å². The highest BCUT2D eigenvalue weighted by Crippen LogP contribution is 2.33. The zero-order valence-corrected chi connectivity index (χ0v) is 13.3. The van der Waals surface area contributed by atoms with Crippen LogP contribution in [0, 0.1) is 5.82 Å². The Morgan fingerprint density at radius 3 is 2.58 bits per heavy atom. The molecule has 0 saturated heterocycles. The number of hydrogen-bond acceptors (Lipinski definition) is 5. The van der Waals surface area contributed by atoms with E-state index in [-0.39, 0.29) is 23.7 Å². The number of fused-ring (bicyclic) bond motifs is 1. The number of carbonyl (C=O) groups is 1. The van der Waals surface area contributed by atoms with E-state index in [1.807, 2.05) is 0 Å². The summed E-state index contributed by atoms with van der Waals surface area (Å²) in [7, 11) is -3.58. The molecule has 0 unspecified atom stereocenters. The molecule has 0 aromatic heterocycles. The van der Waals surface area contributed by atoms with Crippen molar-refractivity contribution in [1.29, 1.82) is 0 Å². The first kappa shape index (κ1) is 16.1. The van der Waals surface area contributed by atoms with Gasteiger partial charge in [-0.2, -0.15) is 0 Å². The molecule has 0 aliphatic carbocycles. The molecule has 2 aromatic carbocycles. The highest BCUT2D eigenvalue weighted by Gasteiger charge is 2.17. The largest absolute Gasteiger partial charge is 0.454 e. The van der Waals surface area contributed by atoms with E-state index in [2.05, 4.69) is 10.0 Å². The molecule has 0 radical (unpaired) electrons. The summed E-state index contributed by atoms with van der Waals surface area (Å²) in [6.45, 7) is 0.0761. The average molecular weight is 352 g/mol. The van der Waals surface area contributed by atoms with E-state index < -0.39 is 21.7 Å². The van der Waals surface area contributed by atoms with Gasteiger partial charge in [-0.25, -0.2) is 12.8 Å². The van der Waals surface area contributed by atoms with Crippen LogP contribution in [0.4, 0.5) is 15.8 Å². The fourth-order valence-corrected chi connectivity index (χ4v) is 2.72. The Kier molecular flexibility index (Phi) is 4.02. The molecule has 0 fully saturated rings. The predicted octanol–water partition coefficient (Wildman–Crippen LogP) is 2.18. The van der Waals surface area contributed by atoms with Gasteiger partial charge in [0, 0.05) is 5.56 Å². The first-order chi connectivity index (χ1) is 11.3. The molecule has 1 aliphatic rings. The Morgan fingerprint density at radius 1 is 1.08 bits per heavy atom. The van der Waals surface area contributed by atoms with Gasteiger partial charge in [-0.1, -0.05) is 0 Å². The maximum absolute atomic E-state index is 13.4. The summed E-state index contributed by atoms with van der Waals surface area (Å²) >= 11 is 0. The summed E-state index contributed by atoms with van der Waals surface area (Å²) in [6, 6.07) is 7.93. The quantitative estimate of drug-likeness (QED) is 0.880. The molecule has 0 saturated carbocycles. The van der Waals surface area contributed by atoms with Crippen LogP contribution in [0.1, 0.15) is 10.4 Å². The Hall–Kier alpha value is -2.81. The zero-order valence-electron chi connectivity index (χ0n) is 12.5. The first-order valence-electron chi connectivity index (χ1n) is 6.80. The SMILES string of the molecule is CS(=O)(=O)Nc1ccc(F)cc1NC(=O)c1ccc2c(c1)OCO2. The average Bonchev–Trinajstić information content (AvgIpc) is 2.96. The minimum atomic E-state index is -3.58. The van der Waals surface area contributed by atoms with Crippen molar-refractivity contribution in [2.75, 3.05) is 23.1 Å². The van der Waals surface area contributed by atoms with Gasteiger partial charge in [0.2, 0.25) is 16.8 Å². The third kappa shape index (κ3) is 3.57. The summed E-state index contributed by atoms with van der Waals surface area (Å²) in [5, 5.41) is 2.48. The fraction of sp³-hybridized carbons (Fsp3) is 0.133. The molecule has 3 rings (SSSR count). The van der Waals surface area contributed by atoms with Crippen LogP contribution in [0.3, 0.4) is 0 Å². The van der Waals surface area contributed by atoms with E-state index in [0.717, 1.165) is 18.4 Å². The Morgan fingerprint density at radius 2 is 1.83 bits per heavy atom. The number of amides is 1. The van der Waals surface area contributed by atoms with Gasteiger partial charge in [0.05, 0.1) is 17.6 Å². The van der Waals surface area contributed by atoms with Crippen molar-refractivity contribution in [3.05, 3.63) is 47.8 Å². The molecule has 2 aromatic rings. The molecular weight excluding hydrogens is 339 g/mol. The van der Waals surface area contributed by atoms with Gasteiger partial charge in [0.25, 0.3) is 5.91 Å². The van der Waals surface area contributed by atoms with E-state index in [4.69, 9.17) is 9.47 Å². The molecule has 0 atom stereocenters. The Bertz CT molecular complexity index is 914. The third-order valence-electron chi connectivity index (χ3n) is 3.16. The molecular formula is C15H13FN2O5S. The predicted molar refractivity (Wildman–Crippen MR) is 85.4 cm³/mol. The molecule has 1 amide bonds. The molecule has 0 bridgehead atoms. The number of hydrogen-bond donors (Lipinski definition) is 2. The highest BCUT2D eigenvalue weighted by molar-refractivity contribution is 7.92. The number of nitrogens with one attached hydrogen (secondary N) is 2. The van der Waals surface area contributed by atoms with Gasteiger partial charge in [-0.3, -0.25) is 9.52 Å². The van der Waals surface area contributed by atoms with Gasteiger partial charge in [0.15, 0.2) is 11.5 Å². The summed E-state index contributed by atoms with van der Waals surface area (Å²) in [5.74, 6) is -0.210. The molecule has 0 spiro atoms. The normalized spacial score (nSPS) is 12.8. The minimum Gasteiger partial charge on any atom is -0.454 e. The lowest BCUT2D eigenvalue weighted by Gasteiger charge is -2.12. The lowest BCUT2D eigenvalue weighted by atomic mass is 10.1. The summed E-state index contributed by atoms with van der Waals surface area (Å²) in [5.41, 5.74) is 0.324. The number of benzene rings is 2. The van der Waals surface area contributed by atoms with Crippen molar-refractivity contribution in [1.82, 2.24) is 0 Å². The van der Waals surface area contributed by atoms with Crippen LogP contribution in [-0.4, -0.2) is 27.4 Å². The molecule has 24 heavy (non-hydrogen) atoms. The molecule has 1 aliphatic heterocycles. The van der Waals surface area contributed by atoms with E-state index in [1.54, 1.807) is 6.07 Å². The van der Waals surface area contributed by atoms with Crippen LogP contribution in [0.2, 0.25) is 0 Å². The molecule has 2 N–H and O–H groups in total. The second-order valence-corrected chi connectivity index (χ2v) is 6.83. The maximum Gasteiger partial charge on any atom is 0.255 e.